The molecule has 6 atom stereocenters. The van der Waals surface area contributed by atoms with Crippen LogP contribution >= 0.6 is 62.5 Å². The predicted octanol–water partition coefficient (Wildman–Crippen LogP) is -1.24. The molecule has 0 bridgehead atoms. The van der Waals surface area contributed by atoms with E-state index in [1.54, 1.807) is 22.6 Å². The molecule has 23 heteroatoms. The number of carbonyl (C=O) groups excluding carboxylic acids is 1. The van der Waals surface area contributed by atoms with Crippen LogP contribution in [0.5, 0.6) is 0 Å². The van der Waals surface area contributed by atoms with Gasteiger partial charge >= 0.3 is 72.9 Å². The fourth-order valence-electron chi connectivity index (χ4n) is 3.93. The molecule has 6 unspecified atom stereocenters. The van der Waals surface area contributed by atoms with E-state index in [-0.39, 0.29) is 25.0 Å². The van der Waals surface area contributed by atoms with Crippen LogP contribution in [0.25, 0.3) is 0 Å². The molecule has 0 aliphatic carbocycles. The van der Waals surface area contributed by atoms with Crippen molar-refractivity contribution in [2.24, 2.45) is 0 Å². The van der Waals surface area contributed by atoms with Gasteiger partial charge in [0, 0.05) is 25.2 Å². The van der Waals surface area contributed by atoms with Crippen molar-refractivity contribution in [3.63, 3.8) is 0 Å². The number of nitrogens with one attached hydrogen (secondary N) is 3. The zero-order chi connectivity index (χ0) is 34.8. The number of aliphatic hydroxyl groups excluding tert-OH is 4. The summed E-state index contributed by atoms with van der Waals surface area (Å²) in [6, 6.07) is 0. The summed E-state index contributed by atoms with van der Waals surface area (Å²) in [7, 11) is 0.628. The second-order valence-corrected chi connectivity index (χ2v) is 22.1. The summed E-state index contributed by atoms with van der Waals surface area (Å²) in [5.41, 5.74) is -3.02. The van der Waals surface area contributed by atoms with Crippen LogP contribution in [-0.2, 0) is 23.7 Å². The number of nitrogens with zero attached hydrogens (tertiary/aromatic N) is 2. The molecule has 0 radical (unpaired) electrons. The van der Waals surface area contributed by atoms with E-state index in [1.165, 1.54) is 16.1 Å². The van der Waals surface area contributed by atoms with Gasteiger partial charge in [-0.2, -0.15) is 13.2 Å². The molecule has 2 aliphatic rings. The fourth-order valence-corrected chi connectivity index (χ4v) is 4.36. The molecule has 2 aliphatic heterocycles. The van der Waals surface area contributed by atoms with Gasteiger partial charge in [0.2, 0.25) is 0 Å². The summed E-state index contributed by atoms with van der Waals surface area (Å²) in [5, 5.41) is 38.7. The van der Waals surface area contributed by atoms with E-state index in [0.717, 1.165) is 10.8 Å². The number of hydrogen-bond acceptors (Lipinski definition) is 11. The first-order valence-corrected chi connectivity index (χ1v) is 22.7. The van der Waals surface area contributed by atoms with Gasteiger partial charge in [-0.3, -0.25) is 33.5 Å². The van der Waals surface area contributed by atoms with Crippen molar-refractivity contribution in [2.45, 2.75) is 55.9 Å². The Balaban J connectivity index is 0.000000316. The van der Waals surface area contributed by atoms with E-state index in [9.17, 15) is 47.4 Å². The van der Waals surface area contributed by atoms with E-state index in [4.69, 9.17) is 19.7 Å². The normalized spacial score (nSPS) is 23.6. The number of halogens is 6. The van der Waals surface area contributed by atoms with Gasteiger partial charge in [-0.25, -0.2) is 9.59 Å². The third-order valence-corrected chi connectivity index (χ3v) is 6.87. The maximum atomic E-state index is 12.0. The van der Waals surface area contributed by atoms with Gasteiger partial charge in [0.25, 0.3) is 11.1 Å². The molecule has 7 N–H and O–H groups in total. The number of rotatable bonds is 5. The first kappa shape index (κ1) is 40.9. The van der Waals surface area contributed by atoms with E-state index in [0.29, 0.717) is 13.0 Å². The first-order chi connectivity index (χ1) is 21.6. The summed E-state index contributed by atoms with van der Waals surface area (Å²) in [5.74, 6) is 2.24. The maximum absolute atomic E-state index is 12.0. The van der Waals surface area contributed by atoms with Crippen LogP contribution in [0.2, 0.25) is 0 Å². The molecule has 2 aromatic heterocycles. The average Bonchev–Trinajstić information content (AvgIpc) is 3.55. The topological polar surface area (TPSA) is 238 Å². The van der Waals surface area contributed by atoms with Crippen LogP contribution in [0.15, 0.2) is 31.6 Å². The Bertz CT molecular complexity index is 1640. The number of alkyl halides is 3. The van der Waals surface area contributed by atoms with Gasteiger partial charge in [-0.05, 0) is 22.6 Å². The van der Waals surface area contributed by atoms with Crippen molar-refractivity contribution in [1.82, 2.24) is 24.4 Å². The van der Waals surface area contributed by atoms with Crippen LogP contribution in [-0.4, -0.2) is 95.8 Å². The molecule has 2 aromatic rings. The SMILES string of the molecule is O=C(NCC#Cc1cn(C2CC(O)C(CO)O2)c(=O)[nH]c1=O)C(F)(F)F.O=c1[nH]c(=O)n(C2CC(O)C(CO)O2)cc1I.[I][V][I]. The molecule has 4 rings (SSSR count). The van der Waals surface area contributed by atoms with Gasteiger partial charge in [0.05, 0.1) is 35.5 Å². The molecule has 16 nitrogen and oxygen atoms in total. The van der Waals surface area contributed by atoms with E-state index >= 15 is 0 Å². The second kappa shape index (κ2) is 19.0. The molecule has 2 fully saturated rings. The fraction of sp³-hybridized carbons (Fsp3) is 0.522. The minimum atomic E-state index is -5.05. The first-order valence-electron chi connectivity index (χ1n) is 12.6. The van der Waals surface area contributed by atoms with E-state index < -0.39 is 84.6 Å². The molecule has 1 amide bonds. The molecular weight excluding hydrogens is 1010 g/mol. The number of aromatic amines is 2. The van der Waals surface area contributed by atoms with Crippen LogP contribution in [0.1, 0.15) is 30.9 Å². The Labute approximate surface area is 298 Å². The van der Waals surface area contributed by atoms with Gasteiger partial charge < -0.3 is 35.2 Å². The summed E-state index contributed by atoms with van der Waals surface area (Å²) in [4.78, 5) is 61.1. The van der Waals surface area contributed by atoms with E-state index in [2.05, 4.69) is 56.8 Å². The van der Waals surface area contributed by atoms with Crippen molar-refractivity contribution in [3.05, 3.63) is 63.2 Å². The third-order valence-electron chi connectivity index (χ3n) is 6.10. The number of hydrogen-bond donors (Lipinski definition) is 7. The molecule has 4 heterocycles. The second-order valence-electron chi connectivity index (χ2n) is 9.13. The summed E-state index contributed by atoms with van der Waals surface area (Å²) in [6.07, 6.45) is -7.53. The third kappa shape index (κ3) is 11.7. The minimum absolute atomic E-state index is 0.0221. The molecule has 255 valence electrons. The van der Waals surface area contributed by atoms with E-state index in [1.807, 2.05) is 4.98 Å². The molecular formula is C23H25F3I3N5O11V. The van der Waals surface area contributed by atoms with Crippen LogP contribution in [0.3, 0.4) is 0 Å². The van der Waals surface area contributed by atoms with Crippen molar-refractivity contribution in [3.8, 4) is 11.8 Å². The number of amides is 1. The standard InChI is InChI=1S/C14H14F3N3O6.C9H11IN2O5.2HI.V/c15-14(16,17)12(24)18-3-1-2-7-5-20(13(25)19-11(7)23)10-4-8(22)9(6-21)26-10;10-4-2-12(9(16)11-8(4)15)7-1-5(14)6(3-13)17-7;;;/h5,8-10,21-22H,3-4,6H2,(H,18,24)(H,19,23,25);2,5-7,13-14H,1,3H2,(H,11,15,16);2*1H;/q;;;;+2/p-2. The van der Waals surface area contributed by atoms with Gasteiger partial charge in [0.1, 0.15) is 30.2 Å². The Morgan fingerprint density at radius 3 is 1.85 bits per heavy atom. The number of H-pyrrole nitrogens is 2. The quantitative estimate of drug-likeness (QED) is 0.138. The molecule has 0 saturated carbocycles. The number of carbonyl (C=O) groups is 1. The summed E-state index contributed by atoms with van der Waals surface area (Å²) in [6.45, 7) is -1.45. The van der Waals surface area contributed by atoms with Crippen LogP contribution in [0, 0.1) is 15.4 Å². The number of aromatic nitrogens is 4. The molecule has 0 spiro atoms. The van der Waals surface area contributed by atoms with Crippen LogP contribution in [0.4, 0.5) is 13.2 Å². The van der Waals surface area contributed by atoms with Gasteiger partial charge in [-0.15, -0.1) is 0 Å². The Morgan fingerprint density at radius 2 is 1.41 bits per heavy atom. The van der Waals surface area contributed by atoms with Crippen LogP contribution < -0.4 is 27.8 Å². The Morgan fingerprint density at radius 1 is 0.957 bits per heavy atom. The van der Waals surface area contributed by atoms with Crippen molar-refractivity contribution in [2.75, 3.05) is 19.8 Å². The monoisotopic (exact) mass is 1040 g/mol. The average molecular weight is 1040 g/mol. The van der Waals surface area contributed by atoms with Crippen molar-refractivity contribution >= 4 is 68.5 Å². The van der Waals surface area contributed by atoms with Gasteiger partial charge in [-0.1, -0.05) is 11.8 Å². The molecule has 0 aromatic carbocycles. The number of ether oxygens (including phenoxy) is 2. The Kier molecular flexibility index (Phi) is 16.9. The molecule has 46 heavy (non-hydrogen) atoms. The predicted molar refractivity (Wildman–Crippen MR) is 173 cm³/mol. The summed E-state index contributed by atoms with van der Waals surface area (Å²) < 4.78 is 49.2. The van der Waals surface area contributed by atoms with Crippen molar-refractivity contribution < 1.29 is 57.3 Å². The number of aliphatic hydroxyl groups is 4. The molecule has 2 saturated heterocycles. The Hall–Kier alpha value is -1.29. The summed E-state index contributed by atoms with van der Waals surface area (Å²) >= 11 is 6.54. The van der Waals surface area contributed by atoms with Crippen molar-refractivity contribution in [1.29, 1.82) is 0 Å². The zero-order valence-electron chi connectivity index (χ0n) is 22.9. The van der Waals surface area contributed by atoms with Gasteiger partial charge in [0.15, 0.2) is 0 Å². The zero-order valence-corrected chi connectivity index (χ0v) is 30.8.